The van der Waals surface area contributed by atoms with Gasteiger partial charge >= 0.3 is 18.1 Å². The highest BCUT2D eigenvalue weighted by Crippen LogP contribution is 2.19. The Morgan fingerprint density at radius 3 is 2.53 bits per heavy atom. The van der Waals surface area contributed by atoms with Crippen LogP contribution in [0.5, 0.6) is 0 Å². The third kappa shape index (κ3) is 5.81. The fraction of sp³-hybridized carbons (Fsp3) is 0.471. The zero-order valence-corrected chi connectivity index (χ0v) is 15.9. The lowest BCUT2D eigenvalue weighted by Gasteiger charge is -2.17. The van der Waals surface area contributed by atoms with Gasteiger partial charge in [-0.1, -0.05) is 0 Å². The summed E-state index contributed by atoms with van der Waals surface area (Å²) in [4.78, 5) is 40.5. The molecule has 0 amide bonds. The second kappa shape index (κ2) is 9.41. The van der Waals surface area contributed by atoms with Crippen molar-refractivity contribution in [3.63, 3.8) is 0 Å². The van der Waals surface area contributed by atoms with E-state index in [1.54, 1.807) is 0 Å². The number of alkyl halides is 3. The van der Waals surface area contributed by atoms with E-state index >= 15 is 0 Å². The topological polar surface area (TPSA) is 139 Å². The first-order chi connectivity index (χ1) is 14.0. The molecule has 164 valence electrons. The summed E-state index contributed by atoms with van der Waals surface area (Å²) in [5, 5.41) is 19.0. The van der Waals surface area contributed by atoms with Gasteiger partial charge in [-0.25, -0.2) is 14.8 Å². The van der Waals surface area contributed by atoms with Gasteiger partial charge in [-0.05, 0) is 19.8 Å². The molecule has 0 aliphatic carbocycles. The maximum atomic E-state index is 12.2. The van der Waals surface area contributed by atoms with Gasteiger partial charge < -0.3 is 20.1 Å². The van der Waals surface area contributed by atoms with Crippen LogP contribution in [0, 0.1) is 6.92 Å². The van der Waals surface area contributed by atoms with Crippen LogP contribution in [0.4, 0.5) is 19.0 Å². The van der Waals surface area contributed by atoms with Crippen LogP contribution < -0.4 is 10.9 Å². The quantitative estimate of drug-likeness (QED) is 0.646. The van der Waals surface area contributed by atoms with E-state index in [-0.39, 0.29) is 12.4 Å². The Bertz CT molecular complexity index is 983. The SMILES string of the molecule is Cc1nc2n(c1CNc1nccn(CC(=O)O)c1=O)CCCC2.O=C(O)C(F)(F)F. The summed E-state index contributed by atoms with van der Waals surface area (Å²) < 4.78 is 35.1. The first kappa shape index (κ1) is 22.9. The first-order valence-electron chi connectivity index (χ1n) is 8.86. The van der Waals surface area contributed by atoms with E-state index < -0.39 is 23.7 Å². The van der Waals surface area contributed by atoms with Crippen LogP contribution in [0.2, 0.25) is 0 Å². The van der Waals surface area contributed by atoms with Crippen molar-refractivity contribution < 1.29 is 33.0 Å². The number of aryl methyl sites for hydroxylation is 2. The van der Waals surface area contributed by atoms with Crippen LogP contribution in [0.1, 0.15) is 30.1 Å². The van der Waals surface area contributed by atoms with Crippen LogP contribution in [0.15, 0.2) is 17.2 Å². The van der Waals surface area contributed by atoms with Gasteiger partial charge in [0.15, 0.2) is 5.82 Å². The van der Waals surface area contributed by atoms with Gasteiger partial charge in [0.2, 0.25) is 0 Å². The molecule has 0 unspecified atom stereocenters. The van der Waals surface area contributed by atoms with Crippen molar-refractivity contribution >= 4 is 17.8 Å². The van der Waals surface area contributed by atoms with Gasteiger partial charge in [-0.2, -0.15) is 13.2 Å². The number of aromatic nitrogens is 4. The highest BCUT2D eigenvalue weighted by molar-refractivity contribution is 5.73. The number of halogens is 3. The number of imidazole rings is 1. The summed E-state index contributed by atoms with van der Waals surface area (Å²) in [6, 6.07) is 0. The van der Waals surface area contributed by atoms with E-state index in [1.165, 1.54) is 12.4 Å². The van der Waals surface area contributed by atoms with Gasteiger partial charge in [0.05, 0.1) is 17.9 Å². The molecule has 0 radical (unpaired) electrons. The molecular formula is C17H20F3N5O5. The molecule has 2 aromatic rings. The summed E-state index contributed by atoms with van der Waals surface area (Å²) in [5.41, 5.74) is 1.57. The summed E-state index contributed by atoms with van der Waals surface area (Å²) >= 11 is 0. The molecule has 1 aliphatic heterocycles. The number of nitrogens with zero attached hydrogens (tertiary/aromatic N) is 4. The Kier molecular flexibility index (Phi) is 7.19. The Morgan fingerprint density at radius 1 is 1.27 bits per heavy atom. The van der Waals surface area contributed by atoms with E-state index in [0.717, 1.165) is 47.6 Å². The van der Waals surface area contributed by atoms with E-state index in [0.29, 0.717) is 6.54 Å². The Hall–Kier alpha value is -3.38. The molecule has 1 aliphatic rings. The molecule has 3 N–H and O–H groups in total. The molecule has 0 saturated carbocycles. The average molecular weight is 431 g/mol. The van der Waals surface area contributed by atoms with E-state index in [9.17, 15) is 22.8 Å². The molecule has 0 fully saturated rings. The van der Waals surface area contributed by atoms with Crippen molar-refractivity contribution in [2.75, 3.05) is 5.32 Å². The zero-order valence-electron chi connectivity index (χ0n) is 15.9. The number of carboxylic acids is 2. The van der Waals surface area contributed by atoms with Crippen LogP contribution in [-0.4, -0.2) is 47.4 Å². The fourth-order valence-electron chi connectivity index (χ4n) is 2.91. The van der Waals surface area contributed by atoms with E-state index in [2.05, 4.69) is 19.9 Å². The molecule has 0 atom stereocenters. The largest absolute Gasteiger partial charge is 0.490 e. The zero-order chi connectivity index (χ0) is 22.5. The minimum absolute atomic E-state index is 0.152. The lowest BCUT2D eigenvalue weighted by atomic mass is 10.1. The summed E-state index contributed by atoms with van der Waals surface area (Å²) in [5.74, 6) is -2.58. The average Bonchev–Trinajstić information content (AvgIpc) is 2.97. The first-order valence-corrected chi connectivity index (χ1v) is 8.86. The molecule has 0 saturated heterocycles. The number of fused-ring (bicyclic) bond motifs is 1. The van der Waals surface area contributed by atoms with Gasteiger partial charge in [0.1, 0.15) is 12.4 Å². The van der Waals surface area contributed by atoms with Crippen molar-refractivity contribution in [3.8, 4) is 0 Å². The van der Waals surface area contributed by atoms with Crippen molar-refractivity contribution in [3.05, 3.63) is 40.0 Å². The predicted octanol–water partition coefficient (Wildman–Crippen LogP) is 1.41. The van der Waals surface area contributed by atoms with Crippen molar-refractivity contribution in [1.29, 1.82) is 0 Å². The van der Waals surface area contributed by atoms with Crippen molar-refractivity contribution in [2.24, 2.45) is 0 Å². The number of carboxylic acid groups (broad SMARTS) is 2. The molecule has 10 nitrogen and oxygen atoms in total. The van der Waals surface area contributed by atoms with Crippen LogP contribution >= 0.6 is 0 Å². The highest BCUT2D eigenvalue weighted by Gasteiger charge is 2.38. The van der Waals surface area contributed by atoms with Crippen LogP contribution in [0.25, 0.3) is 0 Å². The van der Waals surface area contributed by atoms with Gasteiger partial charge in [0, 0.05) is 25.4 Å². The molecule has 0 bridgehead atoms. The lowest BCUT2D eigenvalue weighted by molar-refractivity contribution is -0.192. The van der Waals surface area contributed by atoms with Gasteiger partial charge in [-0.15, -0.1) is 0 Å². The molecule has 0 aromatic carbocycles. The second-order valence-corrected chi connectivity index (χ2v) is 6.43. The van der Waals surface area contributed by atoms with Gasteiger partial charge in [0.25, 0.3) is 5.56 Å². The number of nitrogens with one attached hydrogen (secondary N) is 1. The third-order valence-corrected chi connectivity index (χ3v) is 4.27. The lowest BCUT2D eigenvalue weighted by Crippen LogP contribution is -2.27. The standard InChI is InChI=1S/C15H19N5O3.C2HF3O2/c1-10-11(20-6-3-2-4-12(20)18-10)8-17-14-15(23)19(7-5-16-14)9-13(21)22;3-2(4,5)1(6)7/h5,7H,2-4,6,8-9H2,1H3,(H,16,17)(H,21,22);(H,6,7). The Labute approximate surface area is 168 Å². The number of hydrogen-bond acceptors (Lipinski definition) is 6. The molecule has 30 heavy (non-hydrogen) atoms. The summed E-state index contributed by atoms with van der Waals surface area (Å²) in [6.07, 6.45) is 0.975. The predicted molar refractivity (Wildman–Crippen MR) is 97.1 cm³/mol. The number of carbonyl (C=O) groups is 2. The van der Waals surface area contributed by atoms with E-state index in [1.807, 2.05) is 6.92 Å². The maximum absolute atomic E-state index is 12.2. The smallest absolute Gasteiger partial charge is 0.480 e. The number of rotatable bonds is 5. The highest BCUT2D eigenvalue weighted by atomic mass is 19.4. The minimum atomic E-state index is -5.08. The summed E-state index contributed by atoms with van der Waals surface area (Å²) in [7, 11) is 0. The van der Waals surface area contributed by atoms with E-state index in [4.69, 9.17) is 15.0 Å². The second-order valence-electron chi connectivity index (χ2n) is 6.43. The monoisotopic (exact) mass is 431 g/mol. The summed E-state index contributed by atoms with van der Waals surface area (Å²) in [6.45, 7) is 2.97. The molecule has 2 aromatic heterocycles. The number of aliphatic carboxylic acids is 2. The van der Waals surface area contributed by atoms with Crippen molar-refractivity contribution in [2.45, 2.75) is 52.0 Å². The number of hydrogen-bond donors (Lipinski definition) is 3. The molecular weight excluding hydrogens is 411 g/mol. The minimum Gasteiger partial charge on any atom is -0.480 e. The molecule has 3 rings (SSSR count). The van der Waals surface area contributed by atoms with Crippen LogP contribution in [-0.2, 0) is 35.6 Å². The third-order valence-electron chi connectivity index (χ3n) is 4.27. The van der Waals surface area contributed by atoms with Crippen molar-refractivity contribution in [1.82, 2.24) is 19.1 Å². The maximum Gasteiger partial charge on any atom is 0.490 e. The molecule has 0 spiro atoms. The molecule has 13 heteroatoms. The normalized spacial score (nSPS) is 13.1. The molecule has 3 heterocycles. The Morgan fingerprint density at radius 2 is 1.93 bits per heavy atom. The number of anilines is 1. The van der Waals surface area contributed by atoms with Gasteiger partial charge in [-0.3, -0.25) is 14.2 Å². The van der Waals surface area contributed by atoms with Crippen LogP contribution in [0.3, 0.4) is 0 Å². The Balaban J connectivity index is 0.000000396. The fourth-order valence-corrected chi connectivity index (χ4v) is 2.91.